The van der Waals surface area contributed by atoms with Crippen molar-refractivity contribution in [1.29, 1.82) is 0 Å². The molecular formula is C18H30N2. The van der Waals surface area contributed by atoms with Gasteiger partial charge in [0.25, 0.3) is 0 Å². The quantitative estimate of drug-likeness (QED) is 0.794. The van der Waals surface area contributed by atoms with Crippen molar-refractivity contribution in [2.75, 3.05) is 19.4 Å². The minimum absolute atomic E-state index is 0.672. The summed E-state index contributed by atoms with van der Waals surface area (Å²) in [5.41, 5.74) is 2.67. The molecule has 20 heavy (non-hydrogen) atoms. The van der Waals surface area contributed by atoms with E-state index < -0.39 is 0 Å². The normalized spacial score (nSPS) is 23.6. The van der Waals surface area contributed by atoms with E-state index in [1.54, 1.807) is 0 Å². The molecule has 2 nitrogen and oxygen atoms in total. The van der Waals surface area contributed by atoms with Crippen molar-refractivity contribution < 1.29 is 0 Å². The van der Waals surface area contributed by atoms with Crippen LogP contribution in [0.3, 0.4) is 0 Å². The molecule has 1 fully saturated rings. The van der Waals surface area contributed by atoms with Crippen LogP contribution in [0.15, 0.2) is 24.3 Å². The molecule has 1 saturated carbocycles. The van der Waals surface area contributed by atoms with Gasteiger partial charge in [-0.3, -0.25) is 0 Å². The van der Waals surface area contributed by atoms with Gasteiger partial charge in [0.15, 0.2) is 0 Å². The second-order valence-corrected chi connectivity index (χ2v) is 6.56. The fraction of sp³-hybridized carbons (Fsp3) is 0.667. The van der Waals surface area contributed by atoms with Crippen LogP contribution < -0.4 is 5.32 Å². The fourth-order valence-corrected chi connectivity index (χ4v) is 3.24. The molecule has 1 N–H and O–H groups in total. The predicted molar refractivity (Wildman–Crippen MR) is 88.1 cm³/mol. The summed E-state index contributed by atoms with van der Waals surface area (Å²) in [5.74, 6) is 0.962. The van der Waals surface area contributed by atoms with E-state index in [1.165, 1.54) is 49.8 Å². The third-order valence-electron chi connectivity index (χ3n) is 4.49. The zero-order valence-corrected chi connectivity index (χ0v) is 13.4. The lowest BCUT2D eigenvalue weighted by atomic mass is 9.98. The Morgan fingerprint density at radius 2 is 1.80 bits per heavy atom. The smallest absolute Gasteiger partial charge is 0.0342 e. The monoisotopic (exact) mass is 274 g/mol. The van der Waals surface area contributed by atoms with Crippen molar-refractivity contribution in [3.63, 3.8) is 0 Å². The molecule has 0 spiro atoms. The molecule has 0 amide bonds. The first-order valence-corrected chi connectivity index (χ1v) is 8.17. The molecule has 112 valence electrons. The molecule has 1 aliphatic carbocycles. The van der Waals surface area contributed by atoms with Crippen LogP contribution in [0, 0.1) is 5.92 Å². The first kappa shape index (κ1) is 15.4. The zero-order chi connectivity index (χ0) is 14.4. The predicted octanol–water partition coefficient (Wildman–Crippen LogP) is 4.52. The number of anilines is 1. The van der Waals surface area contributed by atoms with E-state index in [1.807, 2.05) is 0 Å². The van der Waals surface area contributed by atoms with E-state index in [2.05, 4.69) is 55.5 Å². The van der Waals surface area contributed by atoms with E-state index >= 15 is 0 Å². The van der Waals surface area contributed by atoms with Crippen molar-refractivity contribution in [3.05, 3.63) is 29.8 Å². The van der Waals surface area contributed by atoms with E-state index in [4.69, 9.17) is 0 Å². The van der Waals surface area contributed by atoms with Crippen LogP contribution in [-0.2, 0) is 6.54 Å². The van der Waals surface area contributed by atoms with Crippen molar-refractivity contribution in [2.24, 2.45) is 5.92 Å². The van der Waals surface area contributed by atoms with Gasteiger partial charge >= 0.3 is 0 Å². The lowest BCUT2D eigenvalue weighted by molar-refractivity contribution is 0.402. The van der Waals surface area contributed by atoms with Crippen LogP contribution in [0.25, 0.3) is 0 Å². The Labute approximate surface area is 124 Å². The Balaban J connectivity index is 1.86. The maximum absolute atomic E-state index is 3.73. The summed E-state index contributed by atoms with van der Waals surface area (Å²) >= 11 is 0. The zero-order valence-electron chi connectivity index (χ0n) is 13.4. The molecule has 1 aliphatic rings. The van der Waals surface area contributed by atoms with Gasteiger partial charge in [0.2, 0.25) is 0 Å². The minimum atomic E-state index is 0.672. The summed E-state index contributed by atoms with van der Waals surface area (Å²) in [4.78, 5) is 2.21. The van der Waals surface area contributed by atoms with Crippen molar-refractivity contribution in [1.82, 2.24) is 4.90 Å². The van der Waals surface area contributed by atoms with Gasteiger partial charge in [0.05, 0.1) is 0 Å². The lowest BCUT2D eigenvalue weighted by Gasteiger charge is -2.18. The van der Waals surface area contributed by atoms with Gasteiger partial charge in [0.1, 0.15) is 0 Å². The van der Waals surface area contributed by atoms with Crippen LogP contribution in [0.4, 0.5) is 5.69 Å². The number of hydrogen-bond donors (Lipinski definition) is 1. The SMILES string of the molecule is CCC1CCCC(Nc2ccc(CN(C)C)cc2)CC1. The lowest BCUT2D eigenvalue weighted by Crippen LogP contribution is -2.18. The highest BCUT2D eigenvalue weighted by Gasteiger charge is 2.17. The highest BCUT2D eigenvalue weighted by Crippen LogP contribution is 2.27. The van der Waals surface area contributed by atoms with Gasteiger partial charge in [-0.1, -0.05) is 38.3 Å². The fourth-order valence-electron chi connectivity index (χ4n) is 3.24. The third kappa shape index (κ3) is 4.82. The van der Waals surface area contributed by atoms with Crippen molar-refractivity contribution in [2.45, 2.75) is 58.0 Å². The molecule has 1 aromatic rings. The molecule has 0 aliphatic heterocycles. The van der Waals surface area contributed by atoms with Gasteiger partial charge < -0.3 is 10.2 Å². The Morgan fingerprint density at radius 1 is 1.05 bits per heavy atom. The van der Waals surface area contributed by atoms with Crippen molar-refractivity contribution in [3.8, 4) is 0 Å². The molecule has 2 rings (SSSR count). The molecule has 0 saturated heterocycles. The standard InChI is InChI=1S/C18H30N2/c1-4-15-6-5-7-17(11-8-15)19-18-12-9-16(10-13-18)14-20(2)3/h9-10,12-13,15,17,19H,4-8,11,14H2,1-3H3. The summed E-state index contributed by atoms with van der Waals surface area (Å²) in [6.45, 7) is 3.35. The minimum Gasteiger partial charge on any atom is -0.382 e. The largest absolute Gasteiger partial charge is 0.382 e. The van der Waals surface area contributed by atoms with Gasteiger partial charge in [0, 0.05) is 18.3 Å². The van der Waals surface area contributed by atoms with Crippen LogP contribution in [0.5, 0.6) is 0 Å². The van der Waals surface area contributed by atoms with Gasteiger partial charge in [-0.25, -0.2) is 0 Å². The molecule has 0 radical (unpaired) electrons. The Hall–Kier alpha value is -1.02. The molecule has 2 heteroatoms. The maximum atomic E-state index is 3.73. The highest BCUT2D eigenvalue weighted by molar-refractivity contribution is 5.45. The van der Waals surface area contributed by atoms with Crippen LogP contribution in [0.1, 0.15) is 51.0 Å². The molecule has 0 aromatic heterocycles. The topological polar surface area (TPSA) is 15.3 Å². The second kappa shape index (κ2) is 7.68. The van der Waals surface area contributed by atoms with Gasteiger partial charge in [-0.05, 0) is 57.0 Å². The summed E-state index contributed by atoms with van der Waals surface area (Å²) in [5, 5.41) is 3.73. The third-order valence-corrected chi connectivity index (χ3v) is 4.49. The number of benzene rings is 1. The van der Waals surface area contributed by atoms with Crippen LogP contribution in [-0.4, -0.2) is 25.0 Å². The first-order chi connectivity index (χ1) is 9.67. The number of nitrogens with one attached hydrogen (secondary N) is 1. The first-order valence-electron chi connectivity index (χ1n) is 8.17. The number of nitrogens with zero attached hydrogens (tertiary/aromatic N) is 1. The summed E-state index contributed by atoms with van der Waals surface area (Å²) < 4.78 is 0. The molecule has 0 heterocycles. The highest BCUT2D eigenvalue weighted by atomic mass is 15.0. The van der Waals surface area contributed by atoms with E-state index in [0.29, 0.717) is 6.04 Å². The van der Waals surface area contributed by atoms with E-state index in [-0.39, 0.29) is 0 Å². The number of rotatable bonds is 5. The Bertz CT molecular complexity index is 383. The molecule has 2 atom stereocenters. The molecule has 1 aromatic carbocycles. The van der Waals surface area contributed by atoms with E-state index in [0.717, 1.165) is 12.5 Å². The summed E-state index contributed by atoms with van der Waals surface area (Å²) in [6.07, 6.45) is 8.22. The average Bonchev–Trinajstić information content (AvgIpc) is 2.65. The average molecular weight is 274 g/mol. The molecular weight excluding hydrogens is 244 g/mol. The summed E-state index contributed by atoms with van der Waals surface area (Å²) in [6, 6.07) is 9.63. The molecule has 0 bridgehead atoms. The maximum Gasteiger partial charge on any atom is 0.0342 e. The van der Waals surface area contributed by atoms with Crippen LogP contribution in [0.2, 0.25) is 0 Å². The molecule has 2 unspecified atom stereocenters. The number of hydrogen-bond acceptors (Lipinski definition) is 2. The van der Waals surface area contributed by atoms with Crippen molar-refractivity contribution >= 4 is 5.69 Å². The second-order valence-electron chi connectivity index (χ2n) is 6.56. The van der Waals surface area contributed by atoms with Gasteiger partial charge in [-0.2, -0.15) is 0 Å². The van der Waals surface area contributed by atoms with Crippen LogP contribution >= 0.6 is 0 Å². The Morgan fingerprint density at radius 3 is 2.45 bits per heavy atom. The summed E-state index contributed by atoms with van der Waals surface area (Å²) in [7, 11) is 4.23. The Kier molecular flexibility index (Phi) is 5.90. The van der Waals surface area contributed by atoms with Gasteiger partial charge in [-0.15, -0.1) is 0 Å². The van der Waals surface area contributed by atoms with E-state index in [9.17, 15) is 0 Å².